The zero-order valence-electron chi connectivity index (χ0n) is 4.07. The molecule has 50 valence electrons. The minimum atomic E-state index is -4.26. The monoisotopic (exact) mass is 146 g/mol. The van der Waals surface area contributed by atoms with Gasteiger partial charge in [0.05, 0.1) is 6.61 Å². The van der Waals surface area contributed by atoms with Gasteiger partial charge >= 0.3 is 29.3 Å². The molecule has 0 radical (unpaired) electrons. The van der Waals surface area contributed by atoms with Crippen LogP contribution in [-0.4, -0.2) is 38.4 Å². The van der Waals surface area contributed by atoms with Crippen LogP contribution in [0.15, 0.2) is 12.7 Å². The van der Waals surface area contributed by atoms with Crippen LogP contribution in [0.4, 0.5) is 0 Å². The summed E-state index contributed by atoms with van der Waals surface area (Å²) in [5.41, 5.74) is 0. The average Bonchev–Trinajstić information content (AvgIpc) is 1.59. The van der Waals surface area contributed by atoms with E-state index in [-0.39, 0.29) is 25.5 Å². The molecule has 0 aromatic carbocycles. The predicted octanol–water partition coefficient (Wildman–Crippen LogP) is -0.657. The normalized spacial score (nSPS) is 9.89. The summed E-state index contributed by atoms with van der Waals surface area (Å²) < 4.78 is 31.0. The first-order valence-corrected chi connectivity index (χ1v) is 3.15. The number of hydrogen-bond donors (Lipinski definition) is 1. The standard InChI is InChI=1S/C3H6O4S.Li.H/c1-2-3-7-8(4,5)6;;/h2H,1,3H2,(H,4,5,6);;. The van der Waals surface area contributed by atoms with Crippen molar-refractivity contribution in [3.8, 4) is 0 Å². The molecule has 0 bridgehead atoms. The van der Waals surface area contributed by atoms with Crippen molar-refractivity contribution in [2.45, 2.75) is 0 Å². The van der Waals surface area contributed by atoms with Crippen LogP contribution in [-0.2, 0) is 14.6 Å². The molecule has 9 heavy (non-hydrogen) atoms. The van der Waals surface area contributed by atoms with Gasteiger partial charge in [-0.25, -0.2) is 4.18 Å². The topological polar surface area (TPSA) is 63.6 Å². The molecule has 0 aliphatic carbocycles. The summed E-state index contributed by atoms with van der Waals surface area (Å²) in [5.74, 6) is 0. The summed E-state index contributed by atoms with van der Waals surface area (Å²) in [6.07, 6.45) is 1.22. The Morgan fingerprint density at radius 3 is 2.22 bits per heavy atom. The van der Waals surface area contributed by atoms with Crippen LogP contribution in [0.25, 0.3) is 0 Å². The third kappa shape index (κ3) is 11.7. The number of rotatable bonds is 3. The van der Waals surface area contributed by atoms with Crippen LogP contribution < -0.4 is 0 Å². The first-order chi connectivity index (χ1) is 3.56. The number of hydrogen-bond acceptors (Lipinski definition) is 3. The molecule has 0 atom stereocenters. The van der Waals surface area contributed by atoms with Gasteiger partial charge in [0.25, 0.3) is 0 Å². The second kappa shape index (κ2) is 5.03. The summed E-state index contributed by atoms with van der Waals surface area (Å²) in [7, 11) is -4.26. The molecule has 0 heterocycles. The van der Waals surface area contributed by atoms with Gasteiger partial charge in [-0.1, -0.05) is 6.08 Å². The maximum absolute atomic E-state index is 9.68. The zero-order chi connectivity index (χ0) is 6.62. The molecule has 0 amide bonds. The first-order valence-electron chi connectivity index (χ1n) is 1.79. The molecule has 1 N–H and O–H groups in total. The third-order valence-electron chi connectivity index (χ3n) is 0.335. The molecule has 6 heteroatoms. The molecule has 0 fully saturated rings. The van der Waals surface area contributed by atoms with Crippen LogP contribution in [0.2, 0.25) is 0 Å². The molecule has 0 rings (SSSR count). The van der Waals surface area contributed by atoms with E-state index in [0.717, 1.165) is 0 Å². The Hall–Kier alpha value is 0.207. The molecule has 0 unspecified atom stereocenters. The van der Waals surface area contributed by atoms with Crippen molar-refractivity contribution in [2.75, 3.05) is 6.61 Å². The molecule has 0 saturated heterocycles. The van der Waals surface area contributed by atoms with E-state index in [1.807, 2.05) is 0 Å². The Bertz CT molecular complexity index is 161. The SMILES string of the molecule is C=CCOS(=O)(=O)O.[LiH]. The van der Waals surface area contributed by atoms with Crippen LogP contribution in [0, 0.1) is 0 Å². The van der Waals surface area contributed by atoms with E-state index in [9.17, 15) is 8.42 Å². The van der Waals surface area contributed by atoms with E-state index < -0.39 is 10.4 Å². The Morgan fingerprint density at radius 1 is 1.67 bits per heavy atom. The van der Waals surface area contributed by atoms with Crippen molar-refractivity contribution in [3.63, 3.8) is 0 Å². The summed E-state index contributed by atoms with van der Waals surface area (Å²) in [4.78, 5) is 0. The van der Waals surface area contributed by atoms with Crippen LogP contribution >= 0.6 is 0 Å². The molecule has 0 aliphatic rings. The maximum atomic E-state index is 9.68. The van der Waals surface area contributed by atoms with Gasteiger partial charge in [-0.15, -0.1) is 6.58 Å². The van der Waals surface area contributed by atoms with Gasteiger partial charge in [-0.05, 0) is 0 Å². The predicted molar refractivity (Wildman–Crippen MR) is 34.8 cm³/mol. The molecule has 0 saturated carbocycles. The third-order valence-corrected chi connectivity index (χ3v) is 0.769. The molecule has 4 nitrogen and oxygen atoms in total. The molecular weight excluding hydrogens is 139 g/mol. The van der Waals surface area contributed by atoms with Crippen LogP contribution in [0.3, 0.4) is 0 Å². The van der Waals surface area contributed by atoms with Crippen molar-refractivity contribution < 1.29 is 17.2 Å². The van der Waals surface area contributed by atoms with Gasteiger partial charge in [0.1, 0.15) is 0 Å². The van der Waals surface area contributed by atoms with E-state index >= 15 is 0 Å². The summed E-state index contributed by atoms with van der Waals surface area (Å²) in [5, 5.41) is 0. The Kier molecular flexibility index (Phi) is 6.67. The van der Waals surface area contributed by atoms with Crippen molar-refractivity contribution in [3.05, 3.63) is 12.7 Å². The van der Waals surface area contributed by atoms with Crippen LogP contribution in [0.5, 0.6) is 0 Å². The summed E-state index contributed by atoms with van der Waals surface area (Å²) in [6, 6.07) is 0. The van der Waals surface area contributed by atoms with E-state index in [1.165, 1.54) is 6.08 Å². The Balaban J connectivity index is 0. The first kappa shape index (κ1) is 11.9. The molecule has 0 aromatic rings. The van der Waals surface area contributed by atoms with Gasteiger partial charge in [-0.3, -0.25) is 4.55 Å². The average molecular weight is 146 g/mol. The van der Waals surface area contributed by atoms with Gasteiger partial charge in [0, 0.05) is 0 Å². The van der Waals surface area contributed by atoms with Crippen molar-refractivity contribution in [2.24, 2.45) is 0 Å². The zero-order valence-corrected chi connectivity index (χ0v) is 4.89. The van der Waals surface area contributed by atoms with Crippen molar-refractivity contribution in [1.82, 2.24) is 0 Å². The van der Waals surface area contributed by atoms with Gasteiger partial charge < -0.3 is 0 Å². The summed E-state index contributed by atoms with van der Waals surface area (Å²) >= 11 is 0. The Labute approximate surface area is 66.0 Å². The van der Waals surface area contributed by atoms with Crippen LogP contribution in [0.1, 0.15) is 0 Å². The molecule has 0 spiro atoms. The van der Waals surface area contributed by atoms with Crippen molar-refractivity contribution in [1.29, 1.82) is 0 Å². The fourth-order valence-electron chi connectivity index (χ4n) is 0.134. The quantitative estimate of drug-likeness (QED) is 0.326. The minimum absolute atomic E-state index is 0. The summed E-state index contributed by atoms with van der Waals surface area (Å²) in [6.45, 7) is 2.97. The Morgan fingerprint density at radius 2 is 2.11 bits per heavy atom. The molecule has 0 aromatic heterocycles. The second-order valence-electron chi connectivity index (χ2n) is 1.00. The molecular formula is C3H7LiO4S. The van der Waals surface area contributed by atoms with Crippen molar-refractivity contribution >= 4 is 29.3 Å². The van der Waals surface area contributed by atoms with E-state index in [0.29, 0.717) is 0 Å². The van der Waals surface area contributed by atoms with E-state index in [1.54, 1.807) is 0 Å². The van der Waals surface area contributed by atoms with E-state index in [4.69, 9.17) is 4.55 Å². The second-order valence-corrected chi connectivity index (χ2v) is 2.09. The molecule has 0 aliphatic heterocycles. The fourth-order valence-corrected chi connectivity index (χ4v) is 0.402. The van der Waals surface area contributed by atoms with Gasteiger partial charge in [-0.2, -0.15) is 8.42 Å². The van der Waals surface area contributed by atoms with Gasteiger partial charge in [0.2, 0.25) is 0 Å². The van der Waals surface area contributed by atoms with E-state index in [2.05, 4.69) is 10.8 Å². The van der Waals surface area contributed by atoms with Gasteiger partial charge in [0.15, 0.2) is 0 Å². The fraction of sp³-hybridized carbons (Fsp3) is 0.333.